The smallest absolute Gasteiger partial charge is 0.282 e. The highest BCUT2D eigenvalue weighted by Gasteiger charge is 2.43. The average molecular weight is 268 g/mol. The molecule has 1 rings (SSSR count). The van der Waals surface area contributed by atoms with E-state index < -0.39 is 8.41 Å². The van der Waals surface area contributed by atoms with Gasteiger partial charge in [-0.2, -0.15) is 0 Å². The van der Waals surface area contributed by atoms with E-state index in [4.69, 9.17) is 5.11 Å². The fourth-order valence-corrected chi connectivity index (χ4v) is 6.01. The first kappa shape index (κ1) is 15.4. The number of aliphatic hydroxyl groups is 1. The van der Waals surface area contributed by atoms with Gasteiger partial charge < -0.3 is 9.21 Å². The van der Waals surface area contributed by atoms with E-state index in [1.807, 2.05) is 52.0 Å². The zero-order valence-electron chi connectivity index (χ0n) is 11.9. The monoisotopic (exact) mass is 268 g/mol. The van der Waals surface area contributed by atoms with E-state index in [-0.39, 0.29) is 17.7 Å². The first-order chi connectivity index (χ1) is 8.42. The summed E-state index contributed by atoms with van der Waals surface area (Å²) < 4.78 is 15.4. The zero-order chi connectivity index (χ0) is 13.8. The Morgan fingerprint density at radius 2 is 1.78 bits per heavy atom. The Morgan fingerprint density at radius 3 is 2.28 bits per heavy atom. The molecule has 0 unspecified atom stereocenters. The molecule has 0 aliphatic heterocycles. The van der Waals surface area contributed by atoms with Crippen molar-refractivity contribution >= 4 is 13.6 Å². The molecule has 0 saturated heterocycles. The van der Waals surface area contributed by atoms with Gasteiger partial charge >= 0.3 is 0 Å². The Bertz CT molecular complexity index is 369. The third kappa shape index (κ3) is 3.21. The van der Waals surface area contributed by atoms with Gasteiger partial charge in [0.2, 0.25) is 0 Å². The minimum absolute atomic E-state index is 0.0885. The van der Waals surface area contributed by atoms with Crippen LogP contribution in [0, 0.1) is 0 Å². The van der Waals surface area contributed by atoms with E-state index >= 15 is 4.11 Å². The summed E-state index contributed by atoms with van der Waals surface area (Å²) >= 11 is 0. The zero-order valence-corrected chi connectivity index (χ0v) is 12.9. The van der Waals surface area contributed by atoms with Crippen molar-refractivity contribution in [3.63, 3.8) is 0 Å². The van der Waals surface area contributed by atoms with E-state index in [2.05, 4.69) is 0 Å². The molecule has 0 aromatic heterocycles. The molecular weight excluding hydrogens is 243 g/mol. The summed E-state index contributed by atoms with van der Waals surface area (Å²) in [7, 11) is -2.91. The highest BCUT2D eigenvalue weighted by Crippen LogP contribution is 2.33. The quantitative estimate of drug-likeness (QED) is 0.618. The molecule has 0 radical (unpaired) electrons. The Hall–Kier alpha value is -0.673. The van der Waals surface area contributed by atoms with E-state index in [0.717, 1.165) is 23.6 Å². The summed E-state index contributed by atoms with van der Waals surface area (Å²) in [5, 5.41) is 9.77. The van der Waals surface area contributed by atoms with Gasteiger partial charge in [-0.05, 0) is 34.7 Å². The van der Waals surface area contributed by atoms with Crippen molar-refractivity contribution in [3.8, 4) is 0 Å². The maximum Gasteiger partial charge on any atom is 0.282 e. The molecule has 1 N–H and O–H groups in total. The van der Waals surface area contributed by atoms with E-state index in [1.165, 1.54) is 0 Å². The van der Waals surface area contributed by atoms with Crippen LogP contribution in [0.4, 0.5) is 4.11 Å². The molecule has 1 aromatic rings. The summed E-state index contributed by atoms with van der Waals surface area (Å²) in [6.45, 7) is 8.16. The molecule has 0 saturated carbocycles. The van der Waals surface area contributed by atoms with Crippen LogP contribution < -0.4 is 5.19 Å². The largest absolute Gasteiger partial charge is 0.396 e. The topological polar surface area (TPSA) is 20.2 Å². The lowest BCUT2D eigenvalue weighted by molar-refractivity contribution is 0.288. The third-order valence-corrected chi connectivity index (χ3v) is 8.23. The van der Waals surface area contributed by atoms with Crippen molar-refractivity contribution in [2.75, 3.05) is 6.61 Å². The Kier molecular flexibility index (Phi) is 5.54. The molecule has 0 amide bonds. The number of benzene rings is 1. The van der Waals surface area contributed by atoms with Gasteiger partial charge in [0.1, 0.15) is 0 Å². The van der Waals surface area contributed by atoms with Crippen LogP contribution in [0.25, 0.3) is 0 Å². The van der Waals surface area contributed by atoms with Crippen LogP contribution in [0.5, 0.6) is 0 Å². The number of aryl methyl sites for hydroxylation is 1. The van der Waals surface area contributed by atoms with Gasteiger partial charge in [0, 0.05) is 6.61 Å². The SMILES string of the molecule is CC(C)[Si]([19F])(c1cccc(CCCO)c1)C(C)C. The van der Waals surface area contributed by atoms with Crippen molar-refractivity contribution in [2.24, 2.45) is 0 Å². The number of hydrogen-bond acceptors (Lipinski definition) is 1. The molecule has 1 aromatic carbocycles. The van der Waals surface area contributed by atoms with Gasteiger partial charge in [-0.1, -0.05) is 52.0 Å². The molecule has 0 aliphatic rings. The van der Waals surface area contributed by atoms with Crippen LogP contribution in [-0.2, 0) is 6.42 Å². The van der Waals surface area contributed by atoms with Crippen molar-refractivity contribution in [1.29, 1.82) is 0 Å². The molecular formula is C15H25FOSi. The lowest BCUT2D eigenvalue weighted by atomic mass is 10.1. The van der Waals surface area contributed by atoms with Gasteiger partial charge in [0.25, 0.3) is 8.41 Å². The van der Waals surface area contributed by atoms with Crippen molar-refractivity contribution in [2.45, 2.75) is 51.6 Å². The normalized spacial score (nSPS) is 12.4. The molecule has 0 fully saturated rings. The summed E-state index contributed by atoms with van der Waals surface area (Å²) in [6.07, 6.45) is 1.57. The molecule has 102 valence electrons. The van der Waals surface area contributed by atoms with Crippen molar-refractivity contribution < 1.29 is 9.21 Å². The first-order valence-corrected chi connectivity index (χ1v) is 8.85. The fraction of sp³-hybridized carbons (Fsp3) is 0.600. The number of aliphatic hydroxyl groups excluding tert-OH is 1. The van der Waals surface area contributed by atoms with Crippen LogP contribution >= 0.6 is 0 Å². The molecule has 3 heteroatoms. The Morgan fingerprint density at radius 1 is 1.17 bits per heavy atom. The summed E-state index contributed by atoms with van der Waals surface area (Å²) in [5.41, 5.74) is 1.31. The lowest BCUT2D eigenvalue weighted by Gasteiger charge is -2.31. The number of hydrogen-bond donors (Lipinski definition) is 1. The molecule has 18 heavy (non-hydrogen) atoms. The average Bonchev–Trinajstić information content (AvgIpc) is 2.35. The van der Waals surface area contributed by atoms with Gasteiger partial charge in [-0.25, -0.2) is 0 Å². The molecule has 1 nitrogen and oxygen atoms in total. The predicted octanol–water partition coefficient (Wildman–Crippen LogP) is 3.55. The molecule has 0 atom stereocenters. The molecule has 0 aliphatic carbocycles. The Labute approximate surface area is 111 Å². The highest BCUT2D eigenvalue weighted by atomic mass is 28.4. The maximum absolute atomic E-state index is 15.4. The van der Waals surface area contributed by atoms with Crippen LogP contribution in [0.2, 0.25) is 11.1 Å². The standard InChI is InChI=1S/C15H25FOSi/c1-12(2)18(16,13(3)4)15-9-5-7-14(11-15)8-6-10-17/h5,7,9,11-13,17H,6,8,10H2,1-4H3/i16+0. The van der Waals surface area contributed by atoms with Gasteiger partial charge in [0.05, 0.1) is 0 Å². The third-order valence-electron chi connectivity index (χ3n) is 3.67. The summed E-state index contributed by atoms with van der Waals surface area (Å²) in [4.78, 5) is 0. The number of halogens is 1. The summed E-state index contributed by atoms with van der Waals surface area (Å²) in [5.74, 6) is 0. The minimum atomic E-state index is -2.91. The first-order valence-electron chi connectivity index (χ1n) is 6.82. The van der Waals surface area contributed by atoms with Crippen molar-refractivity contribution in [3.05, 3.63) is 29.8 Å². The van der Waals surface area contributed by atoms with Crippen LogP contribution in [0.1, 0.15) is 39.7 Å². The molecule has 0 bridgehead atoms. The van der Waals surface area contributed by atoms with E-state index in [9.17, 15) is 0 Å². The van der Waals surface area contributed by atoms with Crippen LogP contribution in [-0.4, -0.2) is 20.1 Å². The summed E-state index contributed by atoms with van der Waals surface area (Å²) in [6, 6.07) is 7.93. The van der Waals surface area contributed by atoms with Crippen LogP contribution in [0.15, 0.2) is 24.3 Å². The number of rotatable bonds is 6. The Balaban J connectivity index is 3.06. The second-order valence-electron chi connectivity index (χ2n) is 5.60. The van der Waals surface area contributed by atoms with Gasteiger partial charge in [0.15, 0.2) is 0 Å². The second-order valence-corrected chi connectivity index (χ2v) is 10.0. The van der Waals surface area contributed by atoms with Gasteiger partial charge in [-0.3, -0.25) is 0 Å². The maximum atomic E-state index is 15.4. The van der Waals surface area contributed by atoms with E-state index in [0.29, 0.717) is 0 Å². The molecule has 0 spiro atoms. The highest BCUT2D eigenvalue weighted by molar-refractivity contribution is 6.88. The van der Waals surface area contributed by atoms with Gasteiger partial charge in [-0.15, -0.1) is 0 Å². The van der Waals surface area contributed by atoms with Crippen LogP contribution in [0.3, 0.4) is 0 Å². The molecule has 0 heterocycles. The second kappa shape index (κ2) is 6.48. The predicted molar refractivity (Wildman–Crippen MR) is 78.5 cm³/mol. The lowest BCUT2D eigenvalue weighted by Crippen LogP contribution is -2.49. The minimum Gasteiger partial charge on any atom is -0.396 e. The van der Waals surface area contributed by atoms with Crippen molar-refractivity contribution in [1.82, 2.24) is 0 Å². The van der Waals surface area contributed by atoms with E-state index in [1.54, 1.807) is 0 Å². The fourth-order valence-electron chi connectivity index (χ4n) is 2.58.